The monoisotopic (exact) mass is 187 g/mol. The molecule has 0 aliphatic carbocycles. The van der Waals surface area contributed by atoms with Crippen LogP contribution in [-0.2, 0) is 0 Å². The van der Waals surface area contributed by atoms with Crippen LogP contribution in [0.15, 0.2) is 0 Å². The van der Waals surface area contributed by atoms with E-state index in [1.165, 1.54) is 31.3 Å². The maximum Gasteiger partial charge on any atom is 0.0295 e. The SMILES string of the molecule is CN1CCN(CCCN(N)N)CC1. The molecule has 0 spiro atoms. The van der Waals surface area contributed by atoms with E-state index in [2.05, 4.69) is 16.8 Å². The average molecular weight is 187 g/mol. The molecule has 0 bridgehead atoms. The maximum atomic E-state index is 5.31. The number of likely N-dealkylation sites (N-methyl/N-ethyl adjacent to an activating group) is 1. The zero-order chi connectivity index (χ0) is 9.68. The summed E-state index contributed by atoms with van der Waals surface area (Å²) >= 11 is 0. The van der Waals surface area contributed by atoms with Gasteiger partial charge in [-0.3, -0.25) is 11.7 Å². The third kappa shape index (κ3) is 4.54. The number of hydrogen-bond donors (Lipinski definition) is 2. The van der Waals surface area contributed by atoms with Crippen LogP contribution in [0, 0.1) is 0 Å². The molecule has 0 aromatic rings. The topological polar surface area (TPSA) is 61.8 Å². The van der Waals surface area contributed by atoms with Gasteiger partial charge in [-0.15, -0.1) is 0 Å². The Labute approximate surface area is 80.2 Å². The van der Waals surface area contributed by atoms with Crippen molar-refractivity contribution in [1.29, 1.82) is 0 Å². The van der Waals surface area contributed by atoms with Gasteiger partial charge in [-0.2, -0.15) is 5.12 Å². The van der Waals surface area contributed by atoms with E-state index >= 15 is 0 Å². The molecular formula is C8H21N5. The lowest BCUT2D eigenvalue weighted by Gasteiger charge is -2.32. The summed E-state index contributed by atoms with van der Waals surface area (Å²) in [5.74, 6) is 10.6. The zero-order valence-electron chi connectivity index (χ0n) is 8.45. The van der Waals surface area contributed by atoms with Crippen molar-refractivity contribution in [2.45, 2.75) is 6.42 Å². The summed E-state index contributed by atoms with van der Waals surface area (Å²) in [6, 6.07) is 0. The first kappa shape index (κ1) is 10.9. The van der Waals surface area contributed by atoms with Crippen molar-refractivity contribution in [3.05, 3.63) is 0 Å². The van der Waals surface area contributed by atoms with E-state index < -0.39 is 0 Å². The molecule has 0 amide bonds. The van der Waals surface area contributed by atoms with E-state index in [0.717, 1.165) is 19.5 Å². The summed E-state index contributed by atoms with van der Waals surface area (Å²) in [4.78, 5) is 4.82. The predicted molar refractivity (Wildman–Crippen MR) is 53.6 cm³/mol. The highest BCUT2D eigenvalue weighted by atomic mass is 15.6. The molecule has 0 aromatic carbocycles. The zero-order valence-corrected chi connectivity index (χ0v) is 8.45. The summed E-state index contributed by atoms with van der Waals surface area (Å²) < 4.78 is 0. The van der Waals surface area contributed by atoms with Crippen LogP contribution in [-0.4, -0.2) is 61.2 Å². The van der Waals surface area contributed by atoms with E-state index in [4.69, 9.17) is 11.7 Å². The van der Waals surface area contributed by atoms with Crippen LogP contribution in [0.5, 0.6) is 0 Å². The summed E-state index contributed by atoms with van der Waals surface area (Å²) in [7, 11) is 2.17. The molecule has 4 N–H and O–H groups in total. The van der Waals surface area contributed by atoms with Crippen LogP contribution in [0.4, 0.5) is 0 Å². The van der Waals surface area contributed by atoms with Gasteiger partial charge in [0.15, 0.2) is 0 Å². The van der Waals surface area contributed by atoms with Gasteiger partial charge in [0, 0.05) is 32.7 Å². The Bertz CT molecular complexity index is 130. The summed E-state index contributed by atoms with van der Waals surface area (Å²) in [5, 5.41) is 1.26. The first-order valence-corrected chi connectivity index (χ1v) is 4.86. The Kier molecular flexibility index (Phi) is 4.61. The second-order valence-corrected chi connectivity index (χ2v) is 3.74. The van der Waals surface area contributed by atoms with E-state index in [1.54, 1.807) is 0 Å². The molecule has 1 heterocycles. The Morgan fingerprint density at radius 1 is 1.15 bits per heavy atom. The third-order valence-electron chi connectivity index (χ3n) is 2.49. The van der Waals surface area contributed by atoms with E-state index in [9.17, 15) is 0 Å². The van der Waals surface area contributed by atoms with Crippen molar-refractivity contribution < 1.29 is 0 Å². The van der Waals surface area contributed by atoms with Gasteiger partial charge in [-0.25, -0.2) is 0 Å². The molecule has 1 rings (SSSR count). The lowest BCUT2D eigenvalue weighted by atomic mass is 10.3. The smallest absolute Gasteiger partial charge is 0.0295 e. The number of piperazine rings is 1. The van der Waals surface area contributed by atoms with Crippen molar-refractivity contribution in [1.82, 2.24) is 14.9 Å². The van der Waals surface area contributed by atoms with Gasteiger partial charge in [0.25, 0.3) is 0 Å². The number of rotatable bonds is 4. The predicted octanol–water partition coefficient (Wildman–Crippen LogP) is -1.33. The van der Waals surface area contributed by atoms with Crippen LogP contribution in [0.3, 0.4) is 0 Å². The van der Waals surface area contributed by atoms with Crippen molar-refractivity contribution in [2.24, 2.45) is 11.7 Å². The number of hydrazine groups is 2. The van der Waals surface area contributed by atoms with Gasteiger partial charge in [-0.05, 0) is 20.0 Å². The quantitative estimate of drug-likeness (QED) is 0.422. The highest BCUT2D eigenvalue weighted by Gasteiger charge is 2.12. The van der Waals surface area contributed by atoms with Crippen molar-refractivity contribution >= 4 is 0 Å². The Morgan fingerprint density at radius 3 is 2.31 bits per heavy atom. The number of hydrogen-bond acceptors (Lipinski definition) is 5. The van der Waals surface area contributed by atoms with Crippen LogP contribution in [0.25, 0.3) is 0 Å². The second-order valence-electron chi connectivity index (χ2n) is 3.74. The summed E-state index contributed by atoms with van der Waals surface area (Å²) in [6.45, 7) is 6.58. The van der Waals surface area contributed by atoms with Gasteiger partial charge in [-0.1, -0.05) is 0 Å². The van der Waals surface area contributed by atoms with E-state index in [-0.39, 0.29) is 0 Å². The molecule has 1 fully saturated rings. The molecule has 5 nitrogen and oxygen atoms in total. The fourth-order valence-corrected chi connectivity index (χ4v) is 1.55. The highest BCUT2D eigenvalue weighted by Crippen LogP contribution is 1.99. The minimum Gasteiger partial charge on any atom is -0.304 e. The van der Waals surface area contributed by atoms with Crippen molar-refractivity contribution in [3.63, 3.8) is 0 Å². The van der Waals surface area contributed by atoms with Gasteiger partial charge in [0.1, 0.15) is 0 Å². The van der Waals surface area contributed by atoms with Crippen LogP contribution >= 0.6 is 0 Å². The minimum atomic E-state index is 0.770. The van der Waals surface area contributed by atoms with Gasteiger partial charge < -0.3 is 9.80 Å². The molecule has 5 heteroatoms. The molecule has 78 valence electrons. The Hall–Kier alpha value is -0.200. The Morgan fingerprint density at radius 2 is 1.77 bits per heavy atom. The van der Waals surface area contributed by atoms with Crippen LogP contribution in [0.1, 0.15) is 6.42 Å². The fourth-order valence-electron chi connectivity index (χ4n) is 1.55. The van der Waals surface area contributed by atoms with E-state index in [0.29, 0.717) is 0 Å². The van der Waals surface area contributed by atoms with Crippen LogP contribution in [0.2, 0.25) is 0 Å². The van der Waals surface area contributed by atoms with Crippen molar-refractivity contribution in [3.8, 4) is 0 Å². The second kappa shape index (κ2) is 5.51. The van der Waals surface area contributed by atoms with Gasteiger partial charge in [0.05, 0.1) is 0 Å². The molecular weight excluding hydrogens is 166 g/mol. The average Bonchev–Trinajstić information content (AvgIpc) is 2.08. The minimum absolute atomic E-state index is 0.770. The molecule has 1 aliphatic rings. The standard InChI is InChI=1S/C8H21N5/c1-11-5-7-12(8-6-11)3-2-4-13(9)10/h2-10H2,1H3. The first-order valence-electron chi connectivity index (χ1n) is 4.86. The molecule has 0 saturated carbocycles. The molecule has 0 radical (unpaired) electrons. The maximum absolute atomic E-state index is 5.31. The summed E-state index contributed by atoms with van der Waals surface area (Å²) in [5.41, 5.74) is 0. The largest absolute Gasteiger partial charge is 0.304 e. The van der Waals surface area contributed by atoms with E-state index in [1.807, 2.05) is 0 Å². The first-order chi connectivity index (χ1) is 6.18. The lowest BCUT2D eigenvalue weighted by molar-refractivity contribution is 0.146. The van der Waals surface area contributed by atoms with Crippen LogP contribution < -0.4 is 11.7 Å². The third-order valence-corrected chi connectivity index (χ3v) is 2.49. The fraction of sp³-hybridized carbons (Fsp3) is 1.00. The van der Waals surface area contributed by atoms with Crippen molar-refractivity contribution in [2.75, 3.05) is 46.3 Å². The molecule has 0 unspecified atom stereocenters. The normalized spacial score (nSPS) is 21.2. The number of nitrogens with zero attached hydrogens (tertiary/aromatic N) is 3. The molecule has 13 heavy (non-hydrogen) atoms. The molecule has 0 aromatic heterocycles. The highest BCUT2D eigenvalue weighted by molar-refractivity contribution is 4.68. The van der Waals surface area contributed by atoms with Gasteiger partial charge >= 0.3 is 0 Å². The Balaban J connectivity index is 2.02. The molecule has 1 aliphatic heterocycles. The van der Waals surface area contributed by atoms with Gasteiger partial charge in [0.2, 0.25) is 0 Å². The summed E-state index contributed by atoms with van der Waals surface area (Å²) in [6.07, 6.45) is 1.05. The lowest BCUT2D eigenvalue weighted by Crippen LogP contribution is -2.46. The molecule has 1 saturated heterocycles. The molecule has 0 atom stereocenters. The number of nitrogens with two attached hydrogens (primary N) is 2.